The van der Waals surface area contributed by atoms with Crippen molar-refractivity contribution < 1.29 is 4.79 Å². The average molecular weight is 406 g/mol. The maximum Gasteiger partial charge on any atom is 0.225 e. The van der Waals surface area contributed by atoms with Gasteiger partial charge in [0, 0.05) is 50.7 Å². The van der Waals surface area contributed by atoms with Crippen molar-refractivity contribution >= 4 is 17.6 Å². The number of carbonyl (C=O) groups excluding carboxylic acids is 1. The van der Waals surface area contributed by atoms with E-state index in [-0.39, 0.29) is 11.8 Å². The van der Waals surface area contributed by atoms with E-state index in [1.165, 1.54) is 16.7 Å². The highest BCUT2D eigenvalue weighted by molar-refractivity contribution is 5.94. The van der Waals surface area contributed by atoms with Crippen LogP contribution in [-0.4, -0.2) is 49.5 Å². The third kappa shape index (κ3) is 5.00. The molecule has 1 atom stereocenters. The van der Waals surface area contributed by atoms with Crippen molar-refractivity contribution in [3.05, 3.63) is 65.2 Å². The van der Waals surface area contributed by atoms with E-state index in [9.17, 15) is 4.79 Å². The van der Waals surface area contributed by atoms with Gasteiger partial charge in [-0.15, -0.1) is 0 Å². The minimum absolute atomic E-state index is 0.0669. The molecule has 2 aliphatic heterocycles. The zero-order valence-corrected chi connectivity index (χ0v) is 17.7. The van der Waals surface area contributed by atoms with Gasteiger partial charge < -0.3 is 16.0 Å². The minimum Gasteiger partial charge on any atom is -0.357 e. The lowest BCUT2D eigenvalue weighted by Gasteiger charge is -2.29. The predicted octanol–water partition coefficient (Wildman–Crippen LogP) is 2.73. The molecule has 2 aromatic rings. The number of carbonyl (C=O) groups is 1. The number of nitrogens with zero attached hydrogens (tertiary/aromatic N) is 2. The summed E-state index contributed by atoms with van der Waals surface area (Å²) >= 11 is 0. The molecule has 4 rings (SSSR count). The lowest BCUT2D eigenvalue weighted by atomic mass is 9.91. The third-order valence-electron chi connectivity index (χ3n) is 5.85. The summed E-state index contributed by atoms with van der Waals surface area (Å²) < 4.78 is 0. The fourth-order valence-corrected chi connectivity index (χ4v) is 4.29. The lowest BCUT2D eigenvalue weighted by Crippen LogP contribution is -2.43. The van der Waals surface area contributed by atoms with Crippen LogP contribution in [0.3, 0.4) is 0 Å². The monoisotopic (exact) mass is 405 g/mol. The van der Waals surface area contributed by atoms with Crippen LogP contribution in [0, 0.1) is 0 Å². The highest BCUT2D eigenvalue weighted by atomic mass is 16.1. The molecule has 2 aromatic carbocycles. The topological polar surface area (TPSA) is 68.8 Å². The Morgan fingerprint density at radius 3 is 2.80 bits per heavy atom. The molecule has 1 amide bonds. The third-order valence-corrected chi connectivity index (χ3v) is 5.85. The number of benzene rings is 2. The zero-order chi connectivity index (χ0) is 20.8. The number of fused-ring (bicyclic) bond motifs is 2. The Hall–Kier alpha value is -2.86. The number of hydrogen-bond donors (Lipinski definition) is 3. The highest BCUT2D eigenvalue weighted by Crippen LogP contribution is 2.31. The molecule has 2 aliphatic rings. The molecule has 6 nitrogen and oxygen atoms in total. The standard InChI is InChI=1S/C24H31N5O/c1-2-25-24(26-12-14-29-13-11-18-7-3-4-8-19(18)17-29)27-16-20-15-23(30)28-22-10-6-5-9-21(20)22/h3-10,20H,2,11-17H2,1H3,(H,28,30)(H2,25,26,27). The van der Waals surface area contributed by atoms with Gasteiger partial charge in [0.2, 0.25) is 5.91 Å². The molecule has 0 aromatic heterocycles. The van der Waals surface area contributed by atoms with Crippen LogP contribution in [-0.2, 0) is 17.8 Å². The van der Waals surface area contributed by atoms with Gasteiger partial charge in [0.05, 0.1) is 6.54 Å². The van der Waals surface area contributed by atoms with Crippen LogP contribution in [0.25, 0.3) is 0 Å². The van der Waals surface area contributed by atoms with Crippen LogP contribution < -0.4 is 16.0 Å². The molecule has 0 spiro atoms. The van der Waals surface area contributed by atoms with Gasteiger partial charge in [-0.2, -0.15) is 0 Å². The molecule has 6 heteroatoms. The number of guanidine groups is 1. The molecular formula is C24H31N5O. The summed E-state index contributed by atoms with van der Waals surface area (Å²) in [5, 5.41) is 9.75. The molecule has 3 N–H and O–H groups in total. The Morgan fingerprint density at radius 1 is 1.13 bits per heavy atom. The summed E-state index contributed by atoms with van der Waals surface area (Å²) in [5.41, 5.74) is 5.01. The molecule has 0 aliphatic carbocycles. The molecule has 2 heterocycles. The normalized spacial score (nSPS) is 18.9. The number of nitrogens with one attached hydrogen (secondary N) is 3. The average Bonchev–Trinajstić information content (AvgIpc) is 2.77. The van der Waals surface area contributed by atoms with Gasteiger partial charge in [-0.3, -0.25) is 14.7 Å². The first kappa shape index (κ1) is 20.4. The first-order valence-corrected chi connectivity index (χ1v) is 10.9. The largest absolute Gasteiger partial charge is 0.357 e. The second-order valence-corrected chi connectivity index (χ2v) is 7.98. The molecule has 0 bridgehead atoms. The predicted molar refractivity (Wildman–Crippen MR) is 122 cm³/mol. The van der Waals surface area contributed by atoms with Crippen molar-refractivity contribution in [2.24, 2.45) is 4.99 Å². The molecule has 0 fully saturated rings. The van der Waals surface area contributed by atoms with Crippen LogP contribution >= 0.6 is 0 Å². The van der Waals surface area contributed by atoms with Crippen molar-refractivity contribution in [1.29, 1.82) is 0 Å². The van der Waals surface area contributed by atoms with Crippen molar-refractivity contribution in [3.8, 4) is 0 Å². The van der Waals surface area contributed by atoms with Gasteiger partial charge >= 0.3 is 0 Å². The first-order chi connectivity index (χ1) is 14.7. The maximum absolute atomic E-state index is 12.0. The van der Waals surface area contributed by atoms with E-state index in [0.29, 0.717) is 13.0 Å². The Labute approximate surface area is 178 Å². The van der Waals surface area contributed by atoms with Crippen molar-refractivity contribution in [2.45, 2.75) is 32.2 Å². The summed E-state index contributed by atoms with van der Waals surface area (Å²) in [6, 6.07) is 16.8. The number of para-hydroxylation sites is 1. The molecule has 0 radical (unpaired) electrons. The van der Waals surface area contributed by atoms with Gasteiger partial charge in [0.25, 0.3) is 0 Å². The van der Waals surface area contributed by atoms with E-state index in [1.54, 1.807) is 0 Å². The van der Waals surface area contributed by atoms with Crippen LogP contribution in [0.1, 0.15) is 36.0 Å². The van der Waals surface area contributed by atoms with E-state index in [2.05, 4.69) is 58.1 Å². The van der Waals surface area contributed by atoms with Crippen molar-refractivity contribution in [2.75, 3.05) is 38.0 Å². The van der Waals surface area contributed by atoms with Gasteiger partial charge in [-0.05, 0) is 36.1 Å². The Kier molecular flexibility index (Phi) is 6.64. The fourth-order valence-electron chi connectivity index (χ4n) is 4.29. The molecule has 0 saturated heterocycles. The minimum atomic E-state index is 0.0669. The number of rotatable bonds is 6. The second kappa shape index (κ2) is 9.76. The van der Waals surface area contributed by atoms with E-state index < -0.39 is 0 Å². The van der Waals surface area contributed by atoms with E-state index in [4.69, 9.17) is 4.99 Å². The Morgan fingerprint density at radius 2 is 1.93 bits per heavy atom. The highest BCUT2D eigenvalue weighted by Gasteiger charge is 2.24. The number of aliphatic imine (C=N–C) groups is 1. The van der Waals surface area contributed by atoms with E-state index >= 15 is 0 Å². The van der Waals surface area contributed by atoms with Gasteiger partial charge in [0.1, 0.15) is 0 Å². The quantitative estimate of drug-likeness (QED) is 0.511. The SMILES string of the molecule is CCNC(=NCC1CC(=O)Nc2ccccc21)NCCN1CCc2ccccc2C1. The Balaban J connectivity index is 1.32. The van der Waals surface area contributed by atoms with Crippen LogP contribution in [0.15, 0.2) is 53.5 Å². The molecular weight excluding hydrogens is 374 g/mol. The fraction of sp³-hybridized carbons (Fsp3) is 0.417. The van der Waals surface area contributed by atoms with Crippen molar-refractivity contribution in [1.82, 2.24) is 15.5 Å². The van der Waals surface area contributed by atoms with Crippen LogP contribution in [0.4, 0.5) is 5.69 Å². The summed E-state index contributed by atoms with van der Waals surface area (Å²) in [5.74, 6) is 1.000. The number of hydrogen-bond acceptors (Lipinski definition) is 3. The van der Waals surface area contributed by atoms with Gasteiger partial charge in [-0.1, -0.05) is 42.5 Å². The molecule has 30 heavy (non-hydrogen) atoms. The lowest BCUT2D eigenvalue weighted by molar-refractivity contribution is -0.116. The molecule has 1 unspecified atom stereocenters. The van der Waals surface area contributed by atoms with E-state index in [0.717, 1.165) is 50.8 Å². The maximum atomic E-state index is 12.0. The van der Waals surface area contributed by atoms with Crippen LogP contribution in [0.5, 0.6) is 0 Å². The van der Waals surface area contributed by atoms with Gasteiger partial charge in [0.15, 0.2) is 5.96 Å². The zero-order valence-electron chi connectivity index (χ0n) is 17.7. The summed E-state index contributed by atoms with van der Waals surface area (Å²) in [4.78, 5) is 19.3. The van der Waals surface area contributed by atoms with Gasteiger partial charge in [-0.25, -0.2) is 0 Å². The Bertz CT molecular complexity index is 910. The van der Waals surface area contributed by atoms with Crippen LogP contribution in [0.2, 0.25) is 0 Å². The van der Waals surface area contributed by atoms with Crippen molar-refractivity contribution in [3.63, 3.8) is 0 Å². The molecule has 0 saturated carbocycles. The summed E-state index contributed by atoms with van der Waals surface area (Å²) in [7, 11) is 0. The summed E-state index contributed by atoms with van der Waals surface area (Å²) in [6.45, 7) is 7.41. The summed E-state index contributed by atoms with van der Waals surface area (Å²) in [6.07, 6.45) is 1.60. The van der Waals surface area contributed by atoms with E-state index in [1.807, 2.05) is 18.2 Å². The second-order valence-electron chi connectivity index (χ2n) is 7.98. The number of amides is 1. The smallest absolute Gasteiger partial charge is 0.225 e. The molecule has 158 valence electrons. The first-order valence-electron chi connectivity index (χ1n) is 10.9. The number of anilines is 1.